The second kappa shape index (κ2) is 9.32. The summed E-state index contributed by atoms with van der Waals surface area (Å²) >= 11 is 0. The third-order valence-corrected chi connectivity index (χ3v) is 5.73. The molecule has 2 heterocycles. The van der Waals surface area contributed by atoms with E-state index in [0.717, 1.165) is 28.3 Å². The number of likely N-dealkylation sites (tertiary alicyclic amines) is 1. The first-order valence-electron chi connectivity index (χ1n) is 10.5. The smallest absolute Gasteiger partial charge is 0.343 e. The molecular weight excluding hydrogens is 410 g/mol. The number of carbonyl (C=O) groups excluding carboxylic acids is 1. The molecule has 0 atom stereocenters. The van der Waals surface area contributed by atoms with Crippen LogP contribution in [0.15, 0.2) is 52.9 Å². The Morgan fingerprint density at radius 3 is 2.38 bits per heavy atom. The largest absolute Gasteiger partial charge is 0.497 e. The van der Waals surface area contributed by atoms with Gasteiger partial charge < -0.3 is 18.8 Å². The molecular formula is C24H27N3O5. The predicted molar refractivity (Wildman–Crippen MR) is 119 cm³/mol. The molecule has 0 unspecified atom stereocenters. The Hall–Kier alpha value is -3.52. The molecule has 0 aliphatic carbocycles. The number of nitrogens with zero attached hydrogens (tertiary/aromatic N) is 3. The third kappa shape index (κ3) is 4.40. The molecule has 4 rings (SSSR count). The Morgan fingerprint density at radius 2 is 1.75 bits per heavy atom. The number of ether oxygens (including phenoxy) is 2. The standard InChI is InChI=1S/C24H27N3O5/c1-26(29)24(28)27-13-11-17(12-14-27)23-25-21(16-7-9-19(30-2)10-8-16)22(32-23)18-5-4-6-20(15-18)31-3/h4-10,15,17,29H,11-14H2,1-3H3. The number of carbonyl (C=O) groups is 1. The van der Waals surface area contributed by atoms with Crippen LogP contribution < -0.4 is 9.47 Å². The normalized spacial score (nSPS) is 14.3. The van der Waals surface area contributed by atoms with Gasteiger partial charge in [-0.25, -0.2) is 14.8 Å². The molecule has 1 aliphatic rings. The van der Waals surface area contributed by atoms with E-state index in [1.54, 1.807) is 19.1 Å². The van der Waals surface area contributed by atoms with E-state index in [9.17, 15) is 10.0 Å². The molecule has 1 fully saturated rings. The number of methoxy groups -OCH3 is 2. The number of benzene rings is 2. The Morgan fingerprint density at radius 1 is 1.06 bits per heavy atom. The fourth-order valence-electron chi connectivity index (χ4n) is 3.94. The molecule has 1 aromatic heterocycles. The van der Waals surface area contributed by atoms with Gasteiger partial charge in [0, 0.05) is 37.2 Å². The zero-order chi connectivity index (χ0) is 22.7. The summed E-state index contributed by atoms with van der Waals surface area (Å²) in [6.07, 6.45) is 1.42. The highest BCUT2D eigenvalue weighted by atomic mass is 16.5. The summed E-state index contributed by atoms with van der Waals surface area (Å²) in [5, 5.41) is 10.0. The summed E-state index contributed by atoms with van der Waals surface area (Å²) in [5.41, 5.74) is 2.56. The summed E-state index contributed by atoms with van der Waals surface area (Å²) < 4.78 is 17.0. The van der Waals surface area contributed by atoms with Crippen molar-refractivity contribution in [3.05, 3.63) is 54.4 Å². The van der Waals surface area contributed by atoms with E-state index >= 15 is 0 Å². The van der Waals surface area contributed by atoms with Crippen LogP contribution in [-0.2, 0) is 0 Å². The quantitative estimate of drug-likeness (QED) is 0.462. The minimum absolute atomic E-state index is 0.0828. The van der Waals surface area contributed by atoms with Gasteiger partial charge in [0.15, 0.2) is 11.7 Å². The van der Waals surface area contributed by atoms with E-state index in [1.165, 1.54) is 7.05 Å². The Kier molecular flexibility index (Phi) is 6.32. The van der Waals surface area contributed by atoms with Crippen LogP contribution in [0, 0.1) is 0 Å². The second-order valence-electron chi connectivity index (χ2n) is 7.76. The summed E-state index contributed by atoms with van der Waals surface area (Å²) in [4.78, 5) is 18.5. The SMILES string of the molecule is COc1ccc(-c2nc(C3CCN(C(=O)N(C)O)CC3)oc2-c2cccc(OC)c2)cc1. The average molecular weight is 437 g/mol. The second-order valence-corrected chi connectivity index (χ2v) is 7.76. The molecule has 32 heavy (non-hydrogen) atoms. The number of urea groups is 1. The van der Waals surface area contributed by atoms with E-state index in [-0.39, 0.29) is 5.92 Å². The van der Waals surface area contributed by atoms with E-state index in [1.807, 2.05) is 48.5 Å². The van der Waals surface area contributed by atoms with Crippen molar-refractivity contribution in [2.75, 3.05) is 34.4 Å². The highest BCUT2D eigenvalue weighted by Gasteiger charge is 2.29. The van der Waals surface area contributed by atoms with Crippen LogP contribution in [0.3, 0.4) is 0 Å². The molecule has 0 radical (unpaired) electrons. The molecule has 1 N–H and O–H groups in total. The van der Waals surface area contributed by atoms with Crippen molar-refractivity contribution in [1.29, 1.82) is 0 Å². The van der Waals surface area contributed by atoms with Gasteiger partial charge in [-0.3, -0.25) is 5.21 Å². The van der Waals surface area contributed by atoms with Gasteiger partial charge in [0.2, 0.25) is 0 Å². The predicted octanol–water partition coefficient (Wildman–Crippen LogP) is 4.65. The number of hydrogen-bond acceptors (Lipinski definition) is 6. The summed E-state index contributed by atoms with van der Waals surface area (Å²) in [7, 11) is 4.61. The number of hydrogen-bond donors (Lipinski definition) is 1. The monoisotopic (exact) mass is 437 g/mol. The number of piperidine rings is 1. The first kappa shape index (κ1) is 21.7. The van der Waals surface area contributed by atoms with E-state index in [0.29, 0.717) is 42.6 Å². The highest BCUT2D eigenvalue weighted by molar-refractivity contribution is 5.78. The van der Waals surface area contributed by atoms with Crippen molar-refractivity contribution in [3.63, 3.8) is 0 Å². The lowest BCUT2D eigenvalue weighted by molar-refractivity contribution is -0.0358. The van der Waals surface area contributed by atoms with Gasteiger partial charge in [-0.05, 0) is 49.2 Å². The minimum Gasteiger partial charge on any atom is -0.497 e. The average Bonchev–Trinajstić information content (AvgIpc) is 3.29. The van der Waals surface area contributed by atoms with E-state index in [2.05, 4.69) is 0 Å². The van der Waals surface area contributed by atoms with Crippen molar-refractivity contribution >= 4 is 6.03 Å². The van der Waals surface area contributed by atoms with Crippen LogP contribution >= 0.6 is 0 Å². The molecule has 2 aromatic carbocycles. The van der Waals surface area contributed by atoms with Crippen LogP contribution in [0.5, 0.6) is 11.5 Å². The maximum absolute atomic E-state index is 12.0. The van der Waals surface area contributed by atoms with Gasteiger partial charge in [-0.1, -0.05) is 12.1 Å². The number of rotatable bonds is 5. The lowest BCUT2D eigenvalue weighted by atomic mass is 9.97. The fourth-order valence-corrected chi connectivity index (χ4v) is 3.94. The lowest BCUT2D eigenvalue weighted by Gasteiger charge is -2.31. The molecule has 8 nitrogen and oxygen atoms in total. The summed E-state index contributed by atoms with van der Waals surface area (Å²) in [6.45, 7) is 1.06. The van der Waals surface area contributed by atoms with Crippen LogP contribution in [0.2, 0.25) is 0 Å². The summed E-state index contributed by atoms with van der Waals surface area (Å²) in [6, 6.07) is 15.0. The number of amides is 2. The van der Waals surface area contributed by atoms with Crippen LogP contribution in [0.25, 0.3) is 22.6 Å². The van der Waals surface area contributed by atoms with Gasteiger partial charge in [0.1, 0.15) is 17.2 Å². The lowest BCUT2D eigenvalue weighted by Crippen LogP contribution is -2.43. The van der Waals surface area contributed by atoms with Crippen LogP contribution in [-0.4, -0.2) is 60.5 Å². The molecule has 1 aliphatic heterocycles. The van der Waals surface area contributed by atoms with Crippen LogP contribution in [0.1, 0.15) is 24.7 Å². The first-order chi connectivity index (χ1) is 15.5. The zero-order valence-electron chi connectivity index (χ0n) is 18.4. The molecule has 168 valence electrons. The maximum Gasteiger partial charge on any atom is 0.343 e. The van der Waals surface area contributed by atoms with Crippen molar-refractivity contribution in [3.8, 4) is 34.1 Å². The van der Waals surface area contributed by atoms with Gasteiger partial charge >= 0.3 is 6.03 Å². The van der Waals surface area contributed by atoms with Crippen LogP contribution in [0.4, 0.5) is 4.79 Å². The molecule has 2 amide bonds. The van der Waals surface area contributed by atoms with Gasteiger partial charge in [0.25, 0.3) is 0 Å². The Bertz CT molecular complexity index is 1070. The Labute approximate surface area is 186 Å². The van der Waals surface area contributed by atoms with Gasteiger partial charge in [0.05, 0.1) is 14.2 Å². The molecule has 1 saturated heterocycles. The molecule has 3 aromatic rings. The van der Waals surface area contributed by atoms with Gasteiger partial charge in [-0.15, -0.1) is 0 Å². The van der Waals surface area contributed by atoms with Crippen molar-refractivity contribution < 1.29 is 23.9 Å². The zero-order valence-corrected chi connectivity index (χ0v) is 18.4. The van der Waals surface area contributed by atoms with Gasteiger partial charge in [-0.2, -0.15) is 0 Å². The first-order valence-corrected chi connectivity index (χ1v) is 10.5. The highest BCUT2D eigenvalue weighted by Crippen LogP contribution is 2.38. The van der Waals surface area contributed by atoms with E-state index < -0.39 is 6.03 Å². The fraction of sp³-hybridized carbons (Fsp3) is 0.333. The molecule has 0 saturated carbocycles. The molecule has 8 heteroatoms. The molecule has 0 spiro atoms. The number of hydroxylamine groups is 2. The third-order valence-electron chi connectivity index (χ3n) is 5.73. The molecule has 0 bridgehead atoms. The van der Waals surface area contributed by atoms with Crippen molar-refractivity contribution in [1.82, 2.24) is 14.9 Å². The van der Waals surface area contributed by atoms with Crippen molar-refractivity contribution in [2.45, 2.75) is 18.8 Å². The number of aromatic nitrogens is 1. The summed E-state index contributed by atoms with van der Waals surface area (Å²) in [5.74, 6) is 2.92. The topological polar surface area (TPSA) is 88.3 Å². The number of oxazole rings is 1. The Balaban J connectivity index is 1.67. The maximum atomic E-state index is 12.0. The van der Waals surface area contributed by atoms with Crippen molar-refractivity contribution in [2.24, 2.45) is 0 Å². The minimum atomic E-state index is -0.396. The van der Waals surface area contributed by atoms with E-state index in [4.69, 9.17) is 18.9 Å².